The lowest BCUT2D eigenvalue weighted by Gasteiger charge is -2.20. The van der Waals surface area contributed by atoms with Crippen molar-refractivity contribution < 1.29 is 14.3 Å². The van der Waals surface area contributed by atoms with Crippen LogP contribution in [0.2, 0.25) is 0 Å². The molecule has 0 bridgehead atoms. The minimum absolute atomic E-state index is 0.0953. The first-order chi connectivity index (χ1) is 11.1. The van der Waals surface area contributed by atoms with Crippen molar-refractivity contribution in [2.24, 2.45) is 0 Å². The van der Waals surface area contributed by atoms with Crippen molar-refractivity contribution in [1.29, 1.82) is 0 Å². The summed E-state index contributed by atoms with van der Waals surface area (Å²) in [5.41, 5.74) is 2.26. The molecule has 122 valence electrons. The zero-order valence-corrected chi connectivity index (χ0v) is 14.5. The van der Waals surface area contributed by atoms with Crippen molar-refractivity contribution >= 4 is 17.2 Å². The lowest BCUT2D eigenvalue weighted by Crippen LogP contribution is -2.29. The monoisotopic (exact) mass is 331 g/mol. The van der Waals surface area contributed by atoms with Crippen LogP contribution in [0, 0.1) is 6.92 Å². The number of hydrogen-bond acceptors (Lipinski definition) is 4. The van der Waals surface area contributed by atoms with E-state index in [1.54, 1.807) is 11.3 Å². The van der Waals surface area contributed by atoms with Crippen LogP contribution < -0.4 is 9.47 Å². The van der Waals surface area contributed by atoms with Gasteiger partial charge in [0, 0.05) is 18.0 Å². The van der Waals surface area contributed by atoms with Gasteiger partial charge in [-0.15, -0.1) is 11.3 Å². The number of benzene rings is 1. The second kappa shape index (κ2) is 6.62. The van der Waals surface area contributed by atoms with E-state index in [0.717, 1.165) is 28.4 Å². The normalized spacial score (nSPS) is 12.5. The highest BCUT2D eigenvalue weighted by Crippen LogP contribution is 2.33. The van der Waals surface area contributed by atoms with Crippen molar-refractivity contribution in [2.75, 3.05) is 13.3 Å². The summed E-state index contributed by atoms with van der Waals surface area (Å²) in [4.78, 5) is 16.7. The maximum absolute atomic E-state index is 12.8. The molecule has 2 aromatic rings. The lowest BCUT2D eigenvalue weighted by atomic mass is 10.2. The third-order valence-corrected chi connectivity index (χ3v) is 5.40. The number of aryl methyl sites for hydroxylation is 2. The van der Waals surface area contributed by atoms with Crippen LogP contribution in [0.4, 0.5) is 0 Å². The molecule has 3 rings (SSSR count). The fourth-order valence-corrected chi connectivity index (χ4v) is 3.80. The van der Waals surface area contributed by atoms with E-state index in [2.05, 4.69) is 13.8 Å². The molecule has 0 saturated heterocycles. The van der Waals surface area contributed by atoms with Crippen LogP contribution in [0.5, 0.6) is 11.5 Å². The van der Waals surface area contributed by atoms with Crippen molar-refractivity contribution in [1.82, 2.24) is 4.90 Å². The Morgan fingerprint density at radius 3 is 2.70 bits per heavy atom. The zero-order chi connectivity index (χ0) is 16.4. The number of nitrogens with zero attached hydrogens (tertiary/aromatic N) is 1. The van der Waals surface area contributed by atoms with Crippen LogP contribution in [-0.4, -0.2) is 24.1 Å². The van der Waals surface area contributed by atoms with E-state index in [-0.39, 0.29) is 12.7 Å². The van der Waals surface area contributed by atoms with Crippen molar-refractivity contribution in [3.05, 3.63) is 45.1 Å². The van der Waals surface area contributed by atoms with Crippen LogP contribution in [0.15, 0.2) is 24.3 Å². The van der Waals surface area contributed by atoms with E-state index in [9.17, 15) is 4.79 Å². The number of fused-ring (bicyclic) bond motifs is 1. The number of carbonyl (C=O) groups is 1. The standard InChI is InChI=1S/C18H21NO3S/c1-4-16-12(3)8-17(23-16)18(20)19(5-2)10-13-6-7-14-15(9-13)22-11-21-14/h6-9H,4-5,10-11H2,1-3H3. The number of thiophene rings is 1. The van der Waals surface area contributed by atoms with Gasteiger partial charge in [-0.25, -0.2) is 0 Å². The molecule has 0 radical (unpaired) electrons. The van der Waals surface area contributed by atoms with Gasteiger partial charge in [-0.2, -0.15) is 0 Å². The van der Waals surface area contributed by atoms with E-state index in [1.165, 1.54) is 10.4 Å². The molecule has 0 saturated carbocycles. The van der Waals surface area contributed by atoms with Crippen LogP contribution >= 0.6 is 11.3 Å². The number of ether oxygens (including phenoxy) is 2. The van der Waals surface area contributed by atoms with Gasteiger partial charge in [0.25, 0.3) is 5.91 Å². The molecule has 1 aromatic carbocycles. The number of amides is 1. The summed E-state index contributed by atoms with van der Waals surface area (Å²) in [6, 6.07) is 7.85. The fourth-order valence-electron chi connectivity index (χ4n) is 2.72. The molecule has 0 N–H and O–H groups in total. The quantitative estimate of drug-likeness (QED) is 0.831. The van der Waals surface area contributed by atoms with Gasteiger partial charge >= 0.3 is 0 Å². The largest absolute Gasteiger partial charge is 0.454 e. The van der Waals surface area contributed by atoms with E-state index in [0.29, 0.717) is 13.1 Å². The number of rotatable bonds is 5. The predicted molar refractivity (Wildman–Crippen MR) is 91.4 cm³/mol. The Kier molecular flexibility index (Phi) is 4.57. The average molecular weight is 331 g/mol. The third-order valence-electron chi connectivity index (χ3n) is 4.03. The van der Waals surface area contributed by atoms with Crippen LogP contribution in [0.1, 0.15) is 39.5 Å². The molecule has 0 fully saturated rings. The van der Waals surface area contributed by atoms with E-state index < -0.39 is 0 Å². The number of hydrogen-bond donors (Lipinski definition) is 0. The van der Waals surface area contributed by atoms with Crippen LogP contribution in [-0.2, 0) is 13.0 Å². The molecular weight excluding hydrogens is 310 g/mol. The third kappa shape index (κ3) is 3.20. The molecule has 0 aliphatic carbocycles. The Morgan fingerprint density at radius 2 is 2.00 bits per heavy atom. The lowest BCUT2D eigenvalue weighted by molar-refractivity contribution is 0.0757. The van der Waals surface area contributed by atoms with E-state index >= 15 is 0 Å². The number of carbonyl (C=O) groups excluding carboxylic acids is 1. The molecule has 23 heavy (non-hydrogen) atoms. The molecule has 0 unspecified atom stereocenters. The second-order valence-corrected chi connectivity index (χ2v) is 6.71. The van der Waals surface area contributed by atoms with Crippen molar-refractivity contribution in [2.45, 2.75) is 33.7 Å². The summed E-state index contributed by atoms with van der Waals surface area (Å²) in [7, 11) is 0. The van der Waals surface area contributed by atoms with Gasteiger partial charge in [-0.3, -0.25) is 4.79 Å². The summed E-state index contributed by atoms with van der Waals surface area (Å²) in [6.45, 7) is 7.71. The van der Waals surface area contributed by atoms with Crippen molar-refractivity contribution in [3.8, 4) is 11.5 Å². The maximum Gasteiger partial charge on any atom is 0.264 e. The van der Waals surface area contributed by atoms with Gasteiger partial charge in [-0.05, 0) is 49.6 Å². The van der Waals surface area contributed by atoms with Crippen LogP contribution in [0.25, 0.3) is 0 Å². The van der Waals surface area contributed by atoms with E-state index in [4.69, 9.17) is 9.47 Å². The first-order valence-corrected chi connectivity index (χ1v) is 8.71. The maximum atomic E-state index is 12.8. The summed E-state index contributed by atoms with van der Waals surface area (Å²) in [5.74, 6) is 1.62. The van der Waals surface area contributed by atoms with Gasteiger partial charge in [0.1, 0.15) is 0 Å². The molecule has 1 amide bonds. The minimum atomic E-state index is 0.0953. The summed E-state index contributed by atoms with van der Waals surface area (Å²) >= 11 is 1.61. The summed E-state index contributed by atoms with van der Waals surface area (Å²) in [6.07, 6.45) is 0.970. The SMILES string of the molecule is CCc1sc(C(=O)N(CC)Cc2ccc3c(c2)OCO3)cc1C. The smallest absolute Gasteiger partial charge is 0.264 e. The molecule has 5 heteroatoms. The molecule has 1 aliphatic rings. The second-order valence-electron chi connectivity index (χ2n) is 5.58. The molecule has 4 nitrogen and oxygen atoms in total. The Hall–Kier alpha value is -2.01. The average Bonchev–Trinajstić information content (AvgIpc) is 3.17. The predicted octanol–water partition coefficient (Wildman–Crippen LogP) is 4.01. The highest BCUT2D eigenvalue weighted by Gasteiger charge is 2.19. The zero-order valence-electron chi connectivity index (χ0n) is 13.7. The molecule has 2 heterocycles. The molecule has 1 aromatic heterocycles. The van der Waals surface area contributed by atoms with Crippen LogP contribution in [0.3, 0.4) is 0 Å². The molecule has 0 spiro atoms. The summed E-state index contributed by atoms with van der Waals surface area (Å²) in [5, 5.41) is 0. The minimum Gasteiger partial charge on any atom is -0.454 e. The van der Waals surface area contributed by atoms with Gasteiger partial charge in [0.15, 0.2) is 11.5 Å². The van der Waals surface area contributed by atoms with Gasteiger partial charge in [-0.1, -0.05) is 13.0 Å². The topological polar surface area (TPSA) is 38.8 Å². The highest BCUT2D eigenvalue weighted by molar-refractivity contribution is 7.14. The Bertz CT molecular complexity index is 723. The Balaban J connectivity index is 1.77. The molecular formula is C18H21NO3S. The van der Waals surface area contributed by atoms with Crippen molar-refractivity contribution in [3.63, 3.8) is 0 Å². The van der Waals surface area contributed by atoms with Gasteiger partial charge in [0.05, 0.1) is 4.88 Å². The highest BCUT2D eigenvalue weighted by atomic mass is 32.1. The Morgan fingerprint density at radius 1 is 1.22 bits per heavy atom. The molecule has 0 atom stereocenters. The fraction of sp³-hybridized carbons (Fsp3) is 0.389. The van der Waals surface area contributed by atoms with Gasteiger partial charge in [0.2, 0.25) is 6.79 Å². The van der Waals surface area contributed by atoms with Gasteiger partial charge < -0.3 is 14.4 Å². The summed E-state index contributed by atoms with van der Waals surface area (Å²) < 4.78 is 10.7. The Labute approximate surface area is 140 Å². The molecule has 1 aliphatic heterocycles. The first kappa shape index (κ1) is 15.9. The first-order valence-electron chi connectivity index (χ1n) is 7.89. The van der Waals surface area contributed by atoms with E-state index in [1.807, 2.05) is 36.1 Å².